The summed E-state index contributed by atoms with van der Waals surface area (Å²) in [5.41, 5.74) is -2.36. The lowest BCUT2D eigenvalue weighted by molar-refractivity contribution is -0.201. The first-order valence-electron chi connectivity index (χ1n) is 11.2. The first-order chi connectivity index (χ1) is 14.4. The molecule has 4 aliphatic rings. The Kier molecular flexibility index (Phi) is 4.97. The smallest absolute Gasteiger partial charge is 0.334 e. The van der Waals surface area contributed by atoms with E-state index in [1.54, 1.807) is 39.0 Å². The number of allylic oxidation sites excluding steroid dienone is 2. The molecule has 4 rings (SSSR count). The van der Waals surface area contributed by atoms with Crippen molar-refractivity contribution in [2.24, 2.45) is 34.5 Å². The van der Waals surface area contributed by atoms with Crippen molar-refractivity contribution in [3.05, 3.63) is 34.9 Å². The van der Waals surface area contributed by atoms with E-state index in [1.165, 1.54) is 0 Å². The normalized spacial score (nSPS) is 45.6. The number of carbonyl (C=O) groups excluding carboxylic acids is 2. The predicted molar refractivity (Wildman–Crippen MR) is 115 cm³/mol. The third kappa shape index (κ3) is 2.61. The Morgan fingerprint density at radius 1 is 1.35 bits per heavy atom. The van der Waals surface area contributed by atoms with Gasteiger partial charge in [-0.05, 0) is 61.5 Å². The van der Waals surface area contributed by atoms with Crippen LogP contribution in [0.2, 0.25) is 0 Å². The monoisotopic (exact) mass is 430 g/mol. The van der Waals surface area contributed by atoms with Gasteiger partial charge in [0, 0.05) is 11.5 Å². The zero-order valence-corrected chi connectivity index (χ0v) is 19.2. The van der Waals surface area contributed by atoms with Crippen molar-refractivity contribution in [3.8, 4) is 0 Å². The Hall–Kier alpha value is -1.76. The van der Waals surface area contributed by atoms with E-state index in [0.717, 1.165) is 6.42 Å². The van der Waals surface area contributed by atoms with Gasteiger partial charge < -0.3 is 20.1 Å². The van der Waals surface area contributed by atoms with Crippen LogP contribution in [0.1, 0.15) is 48.0 Å². The maximum atomic E-state index is 14.2. The Balaban J connectivity index is 1.91. The highest BCUT2D eigenvalue weighted by molar-refractivity contribution is 5.96. The molecule has 3 N–H and O–H groups in total. The van der Waals surface area contributed by atoms with Crippen LogP contribution >= 0.6 is 0 Å². The van der Waals surface area contributed by atoms with Crippen molar-refractivity contribution in [3.63, 3.8) is 0 Å². The summed E-state index contributed by atoms with van der Waals surface area (Å²) in [5.74, 6) is -1.13. The molecule has 2 saturated carbocycles. The Morgan fingerprint density at radius 2 is 2.00 bits per heavy atom. The van der Waals surface area contributed by atoms with Crippen molar-refractivity contribution in [2.75, 3.05) is 6.61 Å². The molecule has 0 aliphatic heterocycles. The van der Waals surface area contributed by atoms with Gasteiger partial charge in [-0.15, -0.1) is 0 Å². The van der Waals surface area contributed by atoms with Crippen LogP contribution in [0, 0.1) is 34.5 Å². The maximum absolute atomic E-state index is 14.2. The molecule has 8 atom stereocenters. The Morgan fingerprint density at radius 3 is 2.58 bits per heavy atom. The Bertz CT molecular complexity index is 926. The second-order valence-corrected chi connectivity index (χ2v) is 10.6. The first-order valence-corrected chi connectivity index (χ1v) is 11.2. The van der Waals surface area contributed by atoms with Crippen LogP contribution in [0.15, 0.2) is 34.9 Å². The molecule has 2 bridgehead atoms. The van der Waals surface area contributed by atoms with E-state index < -0.39 is 41.7 Å². The molecule has 0 saturated heterocycles. The number of carbonyl (C=O) groups is 2. The fourth-order valence-corrected chi connectivity index (χ4v) is 6.91. The minimum atomic E-state index is -2.08. The van der Waals surface area contributed by atoms with Gasteiger partial charge in [-0.3, -0.25) is 4.79 Å². The predicted octanol–water partition coefficient (Wildman–Crippen LogP) is 2.33. The van der Waals surface area contributed by atoms with Crippen LogP contribution in [0.25, 0.3) is 0 Å². The van der Waals surface area contributed by atoms with E-state index in [2.05, 4.69) is 13.8 Å². The van der Waals surface area contributed by atoms with E-state index >= 15 is 0 Å². The molecule has 0 radical (unpaired) electrons. The summed E-state index contributed by atoms with van der Waals surface area (Å²) in [6.07, 6.45) is 3.04. The van der Waals surface area contributed by atoms with E-state index in [1.807, 2.05) is 6.92 Å². The molecule has 2 fully saturated rings. The van der Waals surface area contributed by atoms with Gasteiger partial charge in [0.05, 0.1) is 12.0 Å². The van der Waals surface area contributed by atoms with Gasteiger partial charge in [0.1, 0.15) is 6.10 Å². The van der Waals surface area contributed by atoms with E-state index in [4.69, 9.17) is 4.74 Å². The topological polar surface area (TPSA) is 104 Å². The van der Waals surface area contributed by atoms with Crippen LogP contribution in [-0.2, 0) is 14.3 Å². The van der Waals surface area contributed by atoms with E-state index in [9.17, 15) is 24.9 Å². The summed E-state index contributed by atoms with van der Waals surface area (Å²) < 4.78 is 5.72. The van der Waals surface area contributed by atoms with Crippen molar-refractivity contribution in [1.29, 1.82) is 0 Å². The largest absolute Gasteiger partial charge is 0.451 e. The van der Waals surface area contributed by atoms with Crippen LogP contribution in [0.4, 0.5) is 0 Å². The van der Waals surface area contributed by atoms with Crippen molar-refractivity contribution >= 4 is 11.8 Å². The molecule has 6 heteroatoms. The molecule has 6 nitrogen and oxygen atoms in total. The highest BCUT2D eigenvalue weighted by Crippen LogP contribution is 2.71. The number of ether oxygens (including phenoxy) is 1. The minimum Gasteiger partial charge on any atom is -0.451 e. The average molecular weight is 431 g/mol. The van der Waals surface area contributed by atoms with Gasteiger partial charge in [0.15, 0.2) is 17.5 Å². The molecule has 170 valence electrons. The number of Topliss-reactive ketones (excluding diaryl/α,β-unsaturated/α-hetero) is 1. The lowest BCUT2D eigenvalue weighted by Crippen LogP contribution is -2.65. The second-order valence-electron chi connectivity index (χ2n) is 10.6. The summed E-state index contributed by atoms with van der Waals surface area (Å²) in [5, 5.41) is 33.7. The zero-order valence-electron chi connectivity index (χ0n) is 19.2. The van der Waals surface area contributed by atoms with Gasteiger partial charge in [-0.2, -0.15) is 0 Å². The first kappa shape index (κ1) is 22.4. The SMILES string of the molecule is C/C=C(/C)C(=O)OC1C(C)=C[C@]23C(=O)[C@@H](C=C(CO)[C@@H](O)[C@]12O)[C@H]1[C@@H](C[C@H]3C)C1(C)C. The third-order valence-electron chi connectivity index (χ3n) is 8.88. The molecular formula is C25H34O6. The molecule has 1 unspecified atom stereocenters. The van der Waals surface area contributed by atoms with Crippen molar-refractivity contribution in [1.82, 2.24) is 0 Å². The number of hydrogen-bond acceptors (Lipinski definition) is 6. The standard InChI is InChI=1S/C25H34O6/c1-7-12(2)22(29)31-21-13(3)10-24-14(4)8-17-18(23(17,5)6)16(20(24)28)9-15(11-26)19(27)25(21,24)30/h7,9-10,14,16-19,21,26-27,30H,8,11H2,1-6H3/b12-7-/t14-,16+,17-,18+,19-,21?,24+,25+/m1/s1. The Labute approximate surface area is 183 Å². The summed E-state index contributed by atoms with van der Waals surface area (Å²) in [6.45, 7) is 10.8. The third-order valence-corrected chi connectivity index (χ3v) is 8.88. The summed E-state index contributed by atoms with van der Waals surface area (Å²) in [4.78, 5) is 26.8. The molecule has 0 aromatic rings. The lowest BCUT2D eigenvalue weighted by Gasteiger charge is -2.48. The average Bonchev–Trinajstić information content (AvgIpc) is 3.21. The van der Waals surface area contributed by atoms with Gasteiger partial charge in [0.25, 0.3) is 0 Å². The molecular weight excluding hydrogens is 396 g/mol. The van der Waals surface area contributed by atoms with Crippen molar-refractivity contribution < 1.29 is 29.6 Å². The minimum absolute atomic E-state index is 0.0209. The number of ketones is 1. The summed E-state index contributed by atoms with van der Waals surface area (Å²) >= 11 is 0. The fraction of sp³-hybridized carbons (Fsp3) is 0.680. The van der Waals surface area contributed by atoms with E-state index in [0.29, 0.717) is 17.1 Å². The second kappa shape index (κ2) is 6.87. The summed E-state index contributed by atoms with van der Waals surface area (Å²) in [6, 6.07) is 0. The molecule has 31 heavy (non-hydrogen) atoms. The van der Waals surface area contributed by atoms with Crippen molar-refractivity contribution in [2.45, 2.75) is 65.8 Å². The number of rotatable bonds is 3. The summed E-state index contributed by atoms with van der Waals surface area (Å²) in [7, 11) is 0. The maximum Gasteiger partial charge on any atom is 0.334 e. The molecule has 0 amide bonds. The van der Waals surface area contributed by atoms with Gasteiger partial charge in [-0.1, -0.05) is 39.0 Å². The number of aliphatic hydroxyl groups excluding tert-OH is 2. The number of fused-ring (bicyclic) bond motifs is 3. The quantitative estimate of drug-likeness (QED) is 0.361. The van der Waals surface area contributed by atoms with Crippen LogP contribution < -0.4 is 0 Å². The van der Waals surface area contributed by atoms with Gasteiger partial charge in [0.2, 0.25) is 0 Å². The molecule has 4 aliphatic carbocycles. The number of aliphatic hydroxyl groups is 3. The van der Waals surface area contributed by atoms with Crippen LogP contribution in [0.5, 0.6) is 0 Å². The van der Waals surface area contributed by atoms with Crippen LogP contribution in [0.3, 0.4) is 0 Å². The number of esters is 1. The van der Waals surface area contributed by atoms with Gasteiger partial charge in [-0.25, -0.2) is 4.79 Å². The van der Waals surface area contributed by atoms with E-state index in [-0.39, 0.29) is 28.6 Å². The highest BCUT2D eigenvalue weighted by atomic mass is 16.6. The molecule has 0 aromatic heterocycles. The number of hydrogen-bond donors (Lipinski definition) is 3. The van der Waals surface area contributed by atoms with Crippen LogP contribution in [-0.4, -0.2) is 51.5 Å². The molecule has 0 heterocycles. The zero-order chi connectivity index (χ0) is 23.1. The molecule has 0 aromatic carbocycles. The fourth-order valence-electron chi connectivity index (χ4n) is 6.91. The highest BCUT2D eigenvalue weighted by Gasteiger charge is 2.76. The molecule has 1 spiro atoms. The lowest BCUT2D eigenvalue weighted by atomic mass is 9.59. The van der Waals surface area contributed by atoms with Gasteiger partial charge >= 0.3 is 5.97 Å².